The van der Waals surface area contributed by atoms with Crippen molar-refractivity contribution in [2.45, 2.75) is 27.7 Å². The monoisotopic (exact) mass is 1030 g/mol. The Hall–Kier alpha value is -3.97. The summed E-state index contributed by atoms with van der Waals surface area (Å²) in [4.78, 5) is 0. The molecule has 0 heterocycles. The topological polar surface area (TPSA) is 36.9 Å². The van der Waals surface area contributed by atoms with Crippen molar-refractivity contribution in [2.24, 2.45) is 0 Å². The van der Waals surface area contributed by atoms with Gasteiger partial charge in [-0.05, 0) is 0 Å². The molecule has 6 heteroatoms. The molecule has 0 N–H and O–H groups in total. The minimum atomic E-state index is -3.29. The zero-order valence-corrected chi connectivity index (χ0v) is 34.9. The summed E-state index contributed by atoms with van der Waals surface area (Å²) in [5, 5.41) is 0. The normalized spacial score (nSPS) is 10.8. The predicted octanol–water partition coefficient (Wildman–Crippen LogP) is 9.53. The van der Waals surface area contributed by atoms with Crippen molar-refractivity contribution >= 4 is 74.1 Å². The average molecular weight is 1030 g/mol. The molecule has 0 amide bonds. The van der Waals surface area contributed by atoms with Crippen LogP contribution in [0.25, 0.3) is 22.3 Å². The Morgan fingerprint density at radius 1 is 0.333 bits per heavy atom. The molecule has 0 radical (unpaired) electrons. The summed E-state index contributed by atoms with van der Waals surface area (Å²) in [5.74, 6) is 3.11. The molecule has 0 saturated heterocycles. The predicted molar refractivity (Wildman–Crippen MR) is 204 cm³/mol. The van der Waals surface area contributed by atoms with Crippen LogP contribution in [-0.2, 0) is 0 Å². The van der Waals surface area contributed by atoms with E-state index in [2.05, 4.69) is 50.6 Å². The van der Waals surface area contributed by atoms with Crippen molar-refractivity contribution in [1.82, 2.24) is 0 Å². The van der Waals surface area contributed by atoms with Gasteiger partial charge in [0.05, 0.1) is 0 Å². The van der Waals surface area contributed by atoms with Crippen molar-refractivity contribution in [3.63, 3.8) is 0 Å². The first-order valence-electron chi connectivity index (χ1n) is 15.5. The Morgan fingerprint density at radius 3 is 0.688 bits per heavy atom. The van der Waals surface area contributed by atoms with Crippen LogP contribution in [0.15, 0.2) is 148 Å². The number of hydrogen-bond acceptors (Lipinski definition) is 4. The van der Waals surface area contributed by atoms with Gasteiger partial charge in [0.25, 0.3) is 0 Å². The quantitative estimate of drug-likeness (QED) is 0.104. The molecule has 0 aliphatic heterocycles. The summed E-state index contributed by atoms with van der Waals surface area (Å²) in [7, 11) is 0. The zero-order chi connectivity index (χ0) is 34.2. The fraction of sp³-hybridized carbons (Fsp3) is 0.0952. The second kappa shape index (κ2) is 16.4. The second-order valence-electron chi connectivity index (χ2n) is 11.6. The molecule has 5 rings (SSSR count). The van der Waals surface area contributed by atoms with Gasteiger partial charge in [-0.1, -0.05) is 0 Å². The third-order valence-corrected chi connectivity index (χ3v) is 18.9. The van der Waals surface area contributed by atoms with Crippen LogP contribution < -0.4 is 17.8 Å². The summed E-state index contributed by atoms with van der Waals surface area (Å²) in [5.41, 5.74) is 8.35. The molecule has 0 aliphatic rings. The van der Waals surface area contributed by atoms with Gasteiger partial charge in [-0.2, -0.15) is 0 Å². The number of allylic oxidation sites excluding steroid dienone is 4. The van der Waals surface area contributed by atoms with E-state index in [1.165, 1.54) is 0 Å². The van der Waals surface area contributed by atoms with Crippen LogP contribution in [0.2, 0.25) is 0 Å². The van der Waals surface area contributed by atoms with Crippen LogP contribution in [0.4, 0.5) is 0 Å². The van der Waals surface area contributed by atoms with E-state index in [-0.39, 0.29) is 0 Å². The number of rotatable bonds is 14. The molecule has 4 nitrogen and oxygen atoms in total. The van der Waals surface area contributed by atoms with E-state index < -0.39 is 45.3 Å². The van der Waals surface area contributed by atoms with Gasteiger partial charge in [-0.15, -0.1) is 0 Å². The Kier molecular flexibility index (Phi) is 12.1. The maximum atomic E-state index is 6.64. The van der Waals surface area contributed by atoms with Crippen LogP contribution in [-0.4, -0.2) is 45.3 Å². The van der Waals surface area contributed by atoms with Gasteiger partial charge in [-0.25, -0.2) is 0 Å². The molecule has 0 fully saturated rings. The Morgan fingerprint density at radius 2 is 0.521 bits per heavy atom. The molecular weight excluding hydrogens is 986 g/mol. The van der Waals surface area contributed by atoms with Gasteiger partial charge in [-0.3, -0.25) is 0 Å². The van der Waals surface area contributed by atoms with Crippen LogP contribution in [0, 0.1) is 0 Å². The first-order valence-corrected chi connectivity index (χ1v) is 24.7. The molecule has 0 atom stereocenters. The molecule has 0 saturated carbocycles. The average Bonchev–Trinajstić information content (AvgIpc) is 3.08. The minimum absolute atomic E-state index is 0.778. The van der Waals surface area contributed by atoms with E-state index in [1.54, 1.807) is 0 Å². The molecular formula is C42H40Bi2O4. The molecule has 0 aromatic heterocycles. The fourth-order valence-corrected chi connectivity index (χ4v) is 14.4. The van der Waals surface area contributed by atoms with Gasteiger partial charge in [0, 0.05) is 0 Å². The van der Waals surface area contributed by atoms with E-state index in [0.717, 1.165) is 74.1 Å². The Bertz CT molecular complexity index is 1630. The van der Waals surface area contributed by atoms with Crippen molar-refractivity contribution in [3.05, 3.63) is 170 Å². The third kappa shape index (κ3) is 9.56. The van der Waals surface area contributed by atoms with E-state index in [1.807, 2.05) is 125 Å². The Balaban J connectivity index is 1.44. The second-order valence-corrected chi connectivity index (χ2v) is 22.5. The molecule has 0 aliphatic carbocycles. The fourth-order valence-electron chi connectivity index (χ4n) is 4.53. The van der Waals surface area contributed by atoms with Crippen molar-refractivity contribution < 1.29 is 11.3 Å². The number of hydrogen-bond donors (Lipinski definition) is 0. The van der Waals surface area contributed by atoms with Crippen molar-refractivity contribution in [2.75, 3.05) is 0 Å². The Labute approximate surface area is 303 Å². The number of benzene rings is 5. The summed E-state index contributed by atoms with van der Waals surface area (Å²) < 4.78 is 28.7. The van der Waals surface area contributed by atoms with Gasteiger partial charge >= 0.3 is 306 Å². The molecule has 5 aromatic carbocycles. The van der Waals surface area contributed by atoms with Gasteiger partial charge in [0.1, 0.15) is 0 Å². The first-order chi connectivity index (χ1) is 23.0. The standard InChI is InChI=1S/4C9H10O.C6H4.2Bi/c4*1-7(2)8-3-5-9(10)6-4-8;1-2-4-6-5-3-1;;/h4*3-6,10H,1H2,2H3;1-2,5-6H;;/q;;;;;2*+2/p-4. The van der Waals surface area contributed by atoms with Crippen LogP contribution in [0.5, 0.6) is 23.0 Å². The van der Waals surface area contributed by atoms with Crippen LogP contribution >= 0.6 is 0 Å². The zero-order valence-electron chi connectivity index (χ0n) is 27.9. The van der Waals surface area contributed by atoms with Crippen molar-refractivity contribution in [3.8, 4) is 23.0 Å². The maximum absolute atomic E-state index is 6.64. The van der Waals surface area contributed by atoms with Crippen LogP contribution in [0.3, 0.4) is 0 Å². The van der Waals surface area contributed by atoms with Gasteiger partial charge in [0.2, 0.25) is 0 Å². The van der Waals surface area contributed by atoms with Crippen LogP contribution in [0.1, 0.15) is 49.9 Å². The molecule has 0 bridgehead atoms. The van der Waals surface area contributed by atoms with E-state index >= 15 is 0 Å². The van der Waals surface area contributed by atoms with E-state index in [9.17, 15) is 0 Å². The van der Waals surface area contributed by atoms with Crippen molar-refractivity contribution in [1.29, 1.82) is 0 Å². The van der Waals surface area contributed by atoms with Gasteiger partial charge in [0.15, 0.2) is 0 Å². The summed E-state index contributed by atoms with van der Waals surface area (Å²) in [6, 6.07) is 40.6. The first kappa shape index (κ1) is 35.3. The van der Waals surface area contributed by atoms with E-state index in [4.69, 9.17) is 11.3 Å². The third-order valence-electron chi connectivity index (χ3n) is 7.41. The van der Waals surface area contributed by atoms with E-state index in [0.29, 0.717) is 0 Å². The molecule has 242 valence electrons. The SMILES string of the molecule is C=C(C)c1ccc([O][Bi]([O]c2ccc(C(=C)C)cc2)[c]2cc[c]([Bi]([O]c3ccc(C(=C)C)cc3)[O]c3ccc(C(=C)C)cc3)cc2)cc1. The molecule has 48 heavy (non-hydrogen) atoms. The molecule has 0 unspecified atom stereocenters. The summed E-state index contributed by atoms with van der Waals surface area (Å²) >= 11 is -6.58. The molecule has 0 spiro atoms. The summed E-state index contributed by atoms with van der Waals surface area (Å²) in [6.45, 7) is 24.2. The molecule has 5 aromatic rings. The summed E-state index contributed by atoms with van der Waals surface area (Å²) in [6.07, 6.45) is 0. The van der Waals surface area contributed by atoms with Gasteiger partial charge < -0.3 is 0 Å².